The van der Waals surface area contributed by atoms with E-state index in [9.17, 15) is 24.3 Å². The highest BCUT2D eigenvalue weighted by Crippen LogP contribution is 2.60. The number of carbonyl (C=O) groups is 2. The molecule has 3 aliphatic heterocycles. The molecule has 10 nitrogen and oxygen atoms in total. The number of ether oxygens (including phenoxy) is 2. The quantitative estimate of drug-likeness (QED) is 0.240. The Morgan fingerprint density at radius 3 is 2.45 bits per heavy atom. The highest BCUT2D eigenvalue weighted by molar-refractivity contribution is 6.71. The number of aliphatic hydroxyl groups is 1. The van der Waals surface area contributed by atoms with Crippen molar-refractivity contribution in [2.75, 3.05) is 18.6 Å². The second-order valence-corrected chi connectivity index (χ2v) is 18.8. The van der Waals surface area contributed by atoms with Crippen molar-refractivity contribution in [2.45, 2.75) is 69.2 Å². The Labute approximate surface area is 302 Å². The van der Waals surface area contributed by atoms with E-state index in [1.165, 1.54) is 11.7 Å². The molecule has 1 saturated heterocycles. The van der Waals surface area contributed by atoms with Crippen LogP contribution in [0.2, 0.25) is 23.7 Å². The van der Waals surface area contributed by atoms with Crippen LogP contribution in [0, 0.1) is 5.92 Å². The first kappa shape index (κ1) is 35.2. The number of fused-ring (bicyclic) bond motifs is 3. The zero-order valence-electron chi connectivity index (χ0n) is 29.1. The van der Waals surface area contributed by atoms with Crippen molar-refractivity contribution in [3.05, 3.63) is 123 Å². The molecule has 0 aliphatic carbocycles. The van der Waals surface area contributed by atoms with Crippen LogP contribution in [0.1, 0.15) is 35.6 Å². The smallest absolute Gasteiger partial charge is 0.297 e. The van der Waals surface area contributed by atoms with Gasteiger partial charge in [-0.05, 0) is 78.7 Å². The van der Waals surface area contributed by atoms with E-state index in [4.69, 9.17) is 21.1 Å². The first-order valence-corrected chi connectivity index (χ1v) is 20.6. The molecule has 0 bridgehead atoms. The molecule has 2 N–H and O–H groups in total. The van der Waals surface area contributed by atoms with Gasteiger partial charge in [0.25, 0.3) is 11.5 Å². The van der Waals surface area contributed by atoms with Gasteiger partial charge in [-0.2, -0.15) is 0 Å². The number of methoxy groups -OCH3 is 1. The summed E-state index contributed by atoms with van der Waals surface area (Å²) >= 11 is 6.57. The van der Waals surface area contributed by atoms with Crippen LogP contribution in [0.15, 0.2) is 89.9 Å². The summed E-state index contributed by atoms with van der Waals surface area (Å²) in [5, 5.41) is 10.7. The lowest BCUT2D eigenvalue weighted by Gasteiger charge is -2.37. The van der Waals surface area contributed by atoms with Crippen molar-refractivity contribution in [3.8, 4) is 11.4 Å². The number of hydrogen-bond donors (Lipinski definition) is 2. The fourth-order valence-corrected chi connectivity index (χ4v) is 11.2. The zero-order valence-corrected chi connectivity index (χ0v) is 30.8. The van der Waals surface area contributed by atoms with Gasteiger partial charge >= 0.3 is 0 Å². The lowest BCUT2D eigenvalue weighted by molar-refractivity contribution is -0.151. The number of nitrogens with zero attached hydrogens (tertiary/aromatic N) is 3. The molecule has 3 aliphatic rings. The Morgan fingerprint density at radius 1 is 1.04 bits per heavy atom. The summed E-state index contributed by atoms with van der Waals surface area (Å²) in [7, 11) is -1.58. The molecule has 0 unspecified atom stereocenters. The van der Waals surface area contributed by atoms with Gasteiger partial charge in [0, 0.05) is 40.5 Å². The third-order valence-electron chi connectivity index (χ3n) is 10.9. The molecule has 4 heterocycles. The molecule has 266 valence electrons. The molecule has 1 fully saturated rings. The van der Waals surface area contributed by atoms with E-state index >= 15 is 0 Å². The minimum Gasteiger partial charge on any atom is -0.491 e. The van der Waals surface area contributed by atoms with Gasteiger partial charge in [-0.3, -0.25) is 19.0 Å². The number of halogens is 1. The van der Waals surface area contributed by atoms with Gasteiger partial charge in [-0.15, -0.1) is 0 Å². The van der Waals surface area contributed by atoms with Crippen LogP contribution in [0.25, 0.3) is 5.69 Å². The summed E-state index contributed by atoms with van der Waals surface area (Å²) in [6.07, 6.45) is 1.43. The molecular formula is C39H42ClN3O7Si. The average Bonchev–Trinajstić information content (AvgIpc) is 3.53. The summed E-state index contributed by atoms with van der Waals surface area (Å²) < 4.78 is 13.6. The van der Waals surface area contributed by atoms with E-state index in [2.05, 4.69) is 0 Å². The van der Waals surface area contributed by atoms with Gasteiger partial charge in [0.05, 0.1) is 44.5 Å². The van der Waals surface area contributed by atoms with Crippen molar-refractivity contribution in [3.63, 3.8) is 0 Å². The Kier molecular flexibility index (Phi) is 9.22. The van der Waals surface area contributed by atoms with Crippen LogP contribution in [0.3, 0.4) is 0 Å². The zero-order chi connectivity index (χ0) is 36.2. The monoisotopic (exact) mass is 727 g/mol. The Hall–Kier alpha value is -4.26. The van der Waals surface area contributed by atoms with E-state index in [0.29, 0.717) is 34.9 Å². The van der Waals surface area contributed by atoms with Crippen LogP contribution >= 0.6 is 11.6 Å². The number of hydrogen-bond acceptors (Lipinski definition) is 7. The summed E-state index contributed by atoms with van der Waals surface area (Å²) in [6, 6.07) is 23.6. The molecule has 0 radical (unpaired) electrons. The number of pyridine rings is 1. The lowest BCUT2D eigenvalue weighted by Crippen LogP contribution is -2.48. The number of aromatic nitrogens is 1. The standard InChI is InChI=1S/C39H42ClN3O7Si/c1-24-36(51(3,4)48)34(20-35(45)42-22-27-9-6-5-8-26(27)18-30(42)23-44)50-39(24)31-19-28(40)13-16-32(31)43(38(39)47)21-25-11-14-29(15-12-25)41-17-7-10-33(49-2)37(41)46/h5-17,19,24,30,34,36,44,48H,18,20-23H2,1-4H3/t24-,30+,34+,36-,39+/m1/s1. The van der Waals surface area contributed by atoms with E-state index < -0.39 is 31.5 Å². The third kappa shape index (κ3) is 6.00. The molecule has 7 rings (SSSR count). The molecule has 1 aromatic heterocycles. The predicted octanol–water partition coefficient (Wildman–Crippen LogP) is 5.18. The number of rotatable bonds is 8. The number of benzene rings is 3. The maximum atomic E-state index is 14.9. The van der Waals surface area contributed by atoms with Crippen LogP contribution in [0.5, 0.6) is 5.75 Å². The summed E-state index contributed by atoms with van der Waals surface area (Å²) in [5.41, 5.74) is 2.69. The van der Waals surface area contributed by atoms with Crippen molar-refractivity contribution < 1.29 is 29.0 Å². The molecule has 12 heteroatoms. The molecule has 0 saturated carbocycles. The maximum absolute atomic E-state index is 14.9. The minimum absolute atomic E-state index is 0.0410. The summed E-state index contributed by atoms with van der Waals surface area (Å²) in [6.45, 7) is 6.00. The van der Waals surface area contributed by atoms with Crippen LogP contribution < -0.4 is 15.2 Å². The fraction of sp³-hybridized carbons (Fsp3) is 0.359. The second-order valence-electron chi connectivity index (χ2n) is 14.4. The van der Waals surface area contributed by atoms with Gasteiger partial charge in [-0.25, -0.2) is 0 Å². The molecule has 51 heavy (non-hydrogen) atoms. The van der Waals surface area contributed by atoms with Crippen molar-refractivity contribution in [2.24, 2.45) is 5.92 Å². The topological polar surface area (TPSA) is 122 Å². The van der Waals surface area contributed by atoms with Gasteiger partial charge in [-0.1, -0.05) is 54.9 Å². The third-order valence-corrected chi connectivity index (χ3v) is 13.6. The largest absolute Gasteiger partial charge is 0.491 e. The van der Waals surface area contributed by atoms with E-state index in [0.717, 1.165) is 16.7 Å². The molecule has 3 aromatic carbocycles. The molecule has 1 spiro atoms. The molecule has 2 amide bonds. The predicted molar refractivity (Wildman–Crippen MR) is 197 cm³/mol. The van der Waals surface area contributed by atoms with Gasteiger partial charge in [0.2, 0.25) is 5.91 Å². The molecular weight excluding hydrogens is 686 g/mol. The normalized spacial score (nSPS) is 24.2. The summed E-state index contributed by atoms with van der Waals surface area (Å²) in [5.74, 6) is -0.712. The fourth-order valence-electron chi connectivity index (χ4n) is 8.52. The average molecular weight is 728 g/mol. The Bertz CT molecular complexity index is 2050. The van der Waals surface area contributed by atoms with Crippen molar-refractivity contribution in [1.82, 2.24) is 9.47 Å². The highest BCUT2D eigenvalue weighted by atomic mass is 35.5. The SMILES string of the molecule is COc1cccn(-c2ccc(CN3C(=O)[C@@]4(O[C@@H](CC(=O)N5Cc6ccccc6C[C@H]5CO)[C@H]([Si](C)(C)O)[C@H]4C)c4cc(Cl)ccc43)cc2)c1=O. The number of amides is 2. The first-order chi connectivity index (χ1) is 24.4. The van der Waals surface area contributed by atoms with E-state index in [-0.39, 0.29) is 48.7 Å². The van der Waals surface area contributed by atoms with Gasteiger partial charge < -0.3 is 29.2 Å². The van der Waals surface area contributed by atoms with Crippen molar-refractivity contribution in [1.29, 1.82) is 0 Å². The number of anilines is 1. The number of aliphatic hydroxyl groups excluding tert-OH is 1. The first-order valence-electron chi connectivity index (χ1n) is 17.2. The molecule has 5 atom stereocenters. The minimum atomic E-state index is -3.04. The van der Waals surface area contributed by atoms with Crippen LogP contribution in [-0.4, -0.2) is 65.4 Å². The van der Waals surface area contributed by atoms with E-state index in [1.807, 2.05) is 74.6 Å². The Balaban J connectivity index is 1.20. The molecule has 4 aromatic rings. The number of carbonyl (C=O) groups excluding carboxylic acids is 2. The van der Waals surface area contributed by atoms with Crippen molar-refractivity contribution >= 4 is 37.4 Å². The lowest BCUT2D eigenvalue weighted by atomic mass is 9.82. The summed E-state index contributed by atoms with van der Waals surface area (Å²) in [4.78, 5) is 56.9. The van der Waals surface area contributed by atoms with Gasteiger partial charge in [0.1, 0.15) is 0 Å². The second kappa shape index (κ2) is 13.4. The van der Waals surface area contributed by atoms with E-state index in [1.54, 1.807) is 40.3 Å². The van der Waals surface area contributed by atoms with Gasteiger partial charge in [0.15, 0.2) is 19.7 Å². The Morgan fingerprint density at radius 2 is 1.76 bits per heavy atom. The highest BCUT2D eigenvalue weighted by Gasteiger charge is 2.66. The van der Waals surface area contributed by atoms with Crippen LogP contribution in [0.4, 0.5) is 5.69 Å². The van der Waals surface area contributed by atoms with Crippen LogP contribution in [-0.2, 0) is 39.4 Å². The maximum Gasteiger partial charge on any atom is 0.297 e.